The lowest BCUT2D eigenvalue weighted by molar-refractivity contribution is -0.371. The normalized spacial score (nSPS) is 48.8. The van der Waals surface area contributed by atoms with Gasteiger partial charge in [0.15, 0.2) is 18.9 Å². The van der Waals surface area contributed by atoms with Crippen LogP contribution in [0.4, 0.5) is 0 Å². The van der Waals surface area contributed by atoms with Crippen LogP contribution < -0.4 is 0 Å². The molecule has 1 aromatic carbocycles. The van der Waals surface area contributed by atoms with Crippen LogP contribution in [0.15, 0.2) is 42.0 Å². The highest BCUT2D eigenvalue weighted by molar-refractivity contribution is 5.90. The number of benzene rings is 1. The molecule has 8 fully saturated rings. The summed E-state index contributed by atoms with van der Waals surface area (Å²) < 4.78 is 69.7. The summed E-state index contributed by atoms with van der Waals surface area (Å²) in [6.07, 6.45) is -11.0. The second-order valence-corrected chi connectivity index (χ2v) is 22.2. The Morgan fingerprint density at radius 2 is 1.44 bits per heavy atom. The lowest BCUT2D eigenvalue weighted by Gasteiger charge is -2.61. The maximum atomic E-state index is 14.2. The number of esters is 2. The molecule has 4 saturated carbocycles. The van der Waals surface area contributed by atoms with Crippen LogP contribution in [0.5, 0.6) is 0 Å². The van der Waals surface area contributed by atoms with Crippen LogP contribution in [-0.2, 0) is 61.7 Å². The van der Waals surface area contributed by atoms with Crippen LogP contribution >= 0.6 is 0 Å². The van der Waals surface area contributed by atoms with Gasteiger partial charge in [0.25, 0.3) is 0 Å². The van der Waals surface area contributed by atoms with Gasteiger partial charge in [-0.2, -0.15) is 0 Å². The summed E-state index contributed by atoms with van der Waals surface area (Å²) >= 11 is 0. The fourth-order valence-corrected chi connectivity index (χ4v) is 14.7. The van der Waals surface area contributed by atoms with Crippen molar-refractivity contribution in [3.8, 4) is 0 Å². The molecule has 0 amide bonds. The third-order valence-corrected chi connectivity index (χ3v) is 18.6. The average molecular weight is 1020 g/mol. The molecule has 19 nitrogen and oxygen atoms in total. The number of ketones is 1. The van der Waals surface area contributed by atoms with Crippen molar-refractivity contribution < 1.29 is 92.0 Å². The minimum absolute atomic E-state index is 0.00937. The monoisotopic (exact) mass is 1020 g/mol. The quantitative estimate of drug-likeness (QED) is 0.0777. The van der Waals surface area contributed by atoms with E-state index in [1.165, 1.54) is 7.11 Å². The summed E-state index contributed by atoms with van der Waals surface area (Å²) in [5, 5.41) is 52.5. The van der Waals surface area contributed by atoms with Gasteiger partial charge in [0.05, 0.1) is 36.6 Å². The van der Waals surface area contributed by atoms with Gasteiger partial charge in [-0.25, -0.2) is 9.59 Å². The first-order valence-corrected chi connectivity index (χ1v) is 25.9. The van der Waals surface area contributed by atoms with Gasteiger partial charge in [0, 0.05) is 43.5 Å². The summed E-state index contributed by atoms with van der Waals surface area (Å²) in [5.41, 5.74) is -2.09. The summed E-state index contributed by atoms with van der Waals surface area (Å²) in [6, 6.07) is 8.75. The third-order valence-electron chi connectivity index (χ3n) is 18.6. The molecule has 1 aromatic rings. The van der Waals surface area contributed by atoms with Crippen molar-refractivity contribution in [3.63, 3.8) is 0 Å². The third kappa shape index (κ3) is 8.72. The molecule has 0 radical (unpaired) electrons. The highest BCUT2D eigenvalue weighted by atomic mass is 16.8. The van der Waals surface area contributed by atoms with Gasteiger partial charge in [0.2, 0.25) is 0 Å². The number of epoxide rings is 1. The highest BCUT2D eigenvalue weighted by Crippen LogP contribution is 2.81. The largest absolute Gasteiger partial charge is 0.455 e. The molecule has 9 rings (SSSR count). The predicted molar refractivity (Wildman–Crippen MR) is 250 cm³/mol. The molecule has 19 heteroatoms. The molecule has 4 aliphatic carbocycles. The number of aliphatic hydroxyl groups is 5. The lowest BCUT2D eigenvalue weighted by Crippen LogP contribution is -2.70. The van der Waals surface area contributed by atoms with Crippen molar-refractivity contribution in [2.45, 2.75) is 215 Å². The number of allylic oxidation sites excluding steroid dienone is 1. The maximum absolute atomic E-state index is 14.2. The number of Topliss-reactive ketones (excluding diaryl/α,β-unsaturated/α-hetero) is 1. The van der Waals surface area contributed by atoms with E-state index in [1.54, 1.807) is 65.1 Å². The molecule has 24 unspecified atom stereocenters. The number of hydrogen-bond donors (Lipinski definition) is 5. The van der Waals surface area contributed by atoms with Crippen LogP contribution in [0.3, 0.4) is 0 Å². The van der Waals surface area contributed by atoms with E-state index < -0.39 is 145 Å². The number of fused-ring (bicyclic) bond motifs is 2. The fourth-order valence-electron chi connectivity index (χ4n) is 14.7. The molecule has 4 saturated heterocycles. The number of carbonyl (C=O) groups is 3. The molecule has 0 bridgehead atoms. The van der Waals surface area contributed by atoms with E-state index in [2.05, 4.69) is 6.92 Å². The van der Waals surface area contributed by atoms with Crippen molar-refractivity contribution in [2.24, 2.45) is 28.6 Å². The van der Waals surface area contributed by atoms with Crippen LogP contribution in [0.2, 0.25) is 0 Å². The number of carbonyl (C=O) groups excluding carboxylic acids is 3. The average Bonchev–Trinajstić information content (AvgIpc) is 3.91. The van der Waals surface area contributed by atoms with Crippen LogP contribution in [0.1, 0.15) is 110 Å². The smallest absolute Gasteiger partial charge is 0.338 e. The Hall–Kier alpha value is -2.99. The molecule has 72 heavy (non-hydrogen) atoms. The van der Waals surface area contributed by atoms with E-state index in [0.29, 0.717) is 56.1 Å². The Morgan fingerprint density at radius 3 is 2.11 bits per heavy atom. The standard InChI is InChI=1S/C53H76O19/c1-10-25(2)46(60)68-43-44-50(6)19-17-31(22-30(50)16-20-52(44)53(72-52)21-18-32(26(3)55)51(53,7)45(43)71-47(61)29-14-12-11-13-15-29)66-35-23-33(62-8)40(27(4)64-35)69-49-39(59)42(63-9)41(28(5)65-49)70-48-38(58)37(57)36(56)34(24-54)67-48/h10-15,27-28,30-45,48-49,54,56-59H,16-24H2,1-9H3. The first kappa shape index (κ1) is 53.8. The Kier molecular flexibility index (Phi) is 15.3. The number of rotatable bonds is 14. The van der Waals surface area contributed by atoms with E-state index >= 15 is 0 Å². The number of hydrogen-bond acceptors (Lipinski definition) is 19. The molecular formula is C53H76O19. The first-order chi connectivity index (χ1) is 34.2. The van der Waals surface area contributed by atoms with Gasteiger partial charge in [-0.3, -0.25) is 4.79 Å². The molecular weight excluding hydrogens is 941 g/mol. The first-order valence-electron chi connectivity index (χ1n) is 25.9. The van der Waals surface area contributed by atoms with Crippen molar-refractivity contribution >= 4 is 17.7 Å². The second-order valence-electron chi connectivity index (χ2n) is 22.2. The van der Waals surface area contributed by atoms with Crippen LogP contribution in [0, 0.1) is 28.6 Å². The number of aliphatic hydroxyl groups excluding tert-OH is 5. The number of methoxy groups -OCH3 is 2. The van der Waals surface area contributed by atoms with Gasteiger partial charge in [-0.15, -0.1) is 0 Å². The van der Waals surface area contributed by atoms with Gasteiger partial charge in [-0.05, 0) is 103 Å². The Morgan fingerprint density at radius 1 is 0.750 bits per heavy atom. The molecule has 5 N–H and O–H groups in total. The van der Waals surface area contributed by atoms with Crippen LogP contribution in [-0.4, -0.2) is 180 Å². The van der Waals surface area contributed by atoms with E-state index in [-0.39, 0.29) is 23.7 Å². The predicted octanol–water partition coefficient (Wildman–Crippen LogP) is 3.06. The second kappa shape index (κ2) is 20.5. The lowest BCUT2D eigenvalue weighted by atomic mass is 9.43. The van der Waals surface area contributed by atoms with Crippen LogP contribution in [0.25, 0.3) is 0 Å². The van der Waals surface area contributed by atoms with Crippen molar-refractivity contribution in [2.75, 3.05) is 20.8 Å². The van der Waals surface area contributed by atoms with Gasteiger partial charge in [-0.1, -0.05) is 38.1 Å². The molecule has 8 aliphatic rings. The molecule has 2 spiro atoms. The minimum atomic E-state index is -1.67. The Labute approximate surface area is 421 Å². The Balaban J connectivity index is 0.897. The molecule has 0 aromatic heterocycles. The van der Waals surface area contributed by atoms with Crippen molar-refractivity contribution in [1.29, 1.82) is 0 Å². The maximum Gasteiger partial charge on any atom is 0.338 e. The van der Waals surface area contributed by atoms with Crippen molar-refractivity contribution in [3.05, 3.63) is 47.5 Å². The fraction of sp³-hybridized carbons (Fsp3) is 0.792. The van der Waals surface area contributed by atoms with E-state index in [9.17, 15) is 39.9 Å². The number of ether oxygens (including phenoxy) is 11. The van der Waals surface area contributed by atoms with Gasteiger partial charge >= 0.3 is 11.9 Å². The molecule has 24 atom stereocenters. The Bertz CT molecular complexity index is 2160. The molecule has 4 aliphatic heterocycles. The van der Waals surface area contributed by atoms with Gasteiger partial charge < -0.3 is 77.6 Å². The zero-order valence-corrected chi connectivity index (χ0v) is 42.8. The van der Waals surface area contributed by atoms with E-state index in [1.807, 2.05) is 19.9 Å². The summed E-state index contributed by atoms with van der Waals surface area (Å²) in [5.74, 6) is -1.80. The minimum Gasteiger partial charge on any atom is -0.455 e. The van der Waals surface area contributed by atoms with Gasteiger partial charge in [0.1, 0.15) is 78.0 Å². The SMILES string of the molecule is CC=C(C)C(=O)OC1C2C3(C)CCC(OC4CC(OC)C(OC5OC(C)C(OC6OC(CO)C(O)C(O)C6O)C(OC)C5O)C(C)O4)CC3CCC23OC32CCC(C(C)=O)C2(C)C1OC(=O)c1ccccc1. The topological polar surface area (TPSA) is 257 Å². The summed E-state index contributed by atoms with van der Waals surface area (Å²) in [6.45, 7) is 12.2. The zero-order valence-electron chi connectivity index (χ0n) is 42.8. The molecule has 4 heterocycles. The molecule has 402 valence electrons. The summed E-state index contributed by atoms with van der Waals surface area (Å²) in [4.78, 5) is 41.8. The summed E-state index contributed by atoms with van der Waals surface area (Å²) in [7, 11) is 2.94. The zero-order chi connectivity index (χ0) is 51.8. The van der Waals surface area contributed by atoms with E-state index in [0.717, 1.165) is 6.42 Å². The highest BCUT2D eigenvalue weighted by Gasteiger charge is 2.91. The van der Waals surface area contributed by atoms with Crippen molar-refractivity contribution in [1.82, 2.24) is 0 Å². The van der Waals surface area contributed by atoms with E-state index in [4.69, 9.17) is 52.1 Å².